The highest BCUT2D eigenvalue weighted by Gasteiger charge is 2.27. The summed E-state index contributed by atoms with van der Waals surface area (Å²) in [5.74, 6) is 0. The van der Waals surface area contributed by atoms with Gasteiger partial charge in [0.05, 0.1) is 0 Å². The number of carbonyl (C=O) groups is 1. The Balaban J connectivity index is 1.69. The van der Waals surface area contributed by atoms with E-state index in [1.807, 2.05) is 4.90 Å². The van der Waals surface area contributed by atoms with Crippen molar-refractivity contribution in [2.75, 3.05) is 45.8 Å². The number of rotatable bonds is 5. The van der Waals surface area contributed by atoms with E-state index in [0.717, 1.165) is 58.7 Å². The lowest BCUT2D eigenvalue weighted by atomic mass is 10.2. The van der Waals surface area contributed by atoms with E-state index in [1.165, 1.54) is 0 Å². The van der Waals surface area contributed by atoms with Crippen LogP contribution in [0.5, 0.6) is 0 Å². The van der Waals surface area contributed by atoms with E-state index in [4.69, 9.17) is 0 Å². The molecule has 1 atom stereocenters. The molecule has 0 spiro atoms. The van der Waals surface area contributed by atoms with Gasteiger partial charge < -0.3 is 15.5 Å². The van der Waals surface area contributed by atoms with Gasteiger partial charge in [-0.05, 0) is 6.42 Å². The number of amides is 2. The third-order valence-electron chi connectivity index (χ3n) is 3.59. The van der Waals surface area contributed by atoms with Gasteiger partial charge in [-0.15, -0.1) is 0 Å². The summed E-state index contributed by atoms with van der Waals surface area (Å²) in [7, 11) is 0. The van der Waals surface area contributed by atoms with Gasteiger partial charge in [0.25, 0.3) is 0 Å². The zero-order chi connectivity index (χ0) is 12.1. The molecular weight excluding hydrogens is 216 g/mol. The van der Waals surface area contributed by atoms with Crippen molar-refractivity contribution in [2.24, 2.45) is 0 Å². The molecule has 98 valence electrons. The highest BCUT2D eigenvalue weighted by atomic mass is 16.2. The van der Waals surface area contributed by atoms with Gasteiger partial charge in [-0.3, -0.25) is 4.90 Å². The SMILES string of the molecule is CCCC1CN(CCN2CCNCC2)C(=O)N1. The predicted molar refractivity (Wildman–Crippen MR) is 68.1 cm³/mol. The number of nitrogens with one attached hydrogen (secondary N) is 2. The van der Waals surface area contributed by atoms with E-state index in [2.05, 4.69) is 22.5 Å². The Hall–Kier alpha value is -0.810. The third kappa shape index (κ3) is 3.57. The summed E-state index contributed by atoms with van der Waals surface area (Å²) < 4.78 is 0. The standard InChI is InChI=1S/C12H24N4O/c1-2-3-11-10-16(12(17)14-11)9-8-15-6-4-13-5-7-15/h11,13H,2-10H2,1H3,(H,14,17). The van der Waals surface area contributed by atoms with E-state index in [-0.39, 0.29) is 6.03 Å². The Morgan fingerprint density at radius 2 is 2.06 bits per heavy atom. The Bertz CT molecular complexity index is 253. The molecule has 0 bridgehead atoms. The molecular formula is C12H24N4O. The summed E-state index contributed by atoms with van der Waals surface area (Å²) in [5, 5.41) is 6.39. The number of piperazine rings is 1. The summed E-state index contributed by atoms with van der Waals surface area (Å²) in [4.78, 5) is 16.1. The number of hydrogen-bond acceptors (Lipinski definition) is 3. The molecule has 2 aliphatic heterocycles. The summed E-state index contributed by atoms with van der Waals surface area (Å²) in [6.07, 6.45) is 2.23. The van der Waals surface area contributed by atoms with E-state index in [9.17, 15) is 4.79 Å². The number of hydrogen-bond donors (Lipinski definition) is 2. The van der Waals surface area contributed by atoms with Gasteiger partial charge in [-0.25, -0.2) is 4.79 Å². The summed E-state index contributed by atoms with van der Waals surface area (Å²) in [5.41, 5.74) is 0. The Morgan fingerprint density at radius 1 is 1.29 bits per heavy atom. The summed E-state index contributed by atoms with van der Waals surface area (Å²) >= 11 is 0. The van der Waals surface area contributed by atoms with Crippen molar-refractivity contribution in [3.8, 4) is 0 Å². The highest BCUT2D eigenvalue weighted by Crippen LogP contribution is 2.08. The van der Waals surface area contributed by atoms with E-state index < -0.39 is 0 Å². The number of carbonyl (C=O) groups excluding carboxylic acids is 1. The largest absolute Gasteiger partial charge is 0.333 e. The van der Waals surface area contributed by atoms with Crippen molar-refractivity contribution in [2.45, 2.75) is 25.8 Å². The van der Waals surface area contributed by atoms with Crippen LogP contribution in [0.2, 0.25) is 0 Å². The minimum Gasteiger partial charge on any atom is -0.333 e. The van der Waals surface area contributed by atoms with Gasteiger partial charge >= 0.3 is 6.03 Å². The molecule has 5 heteroatoms. The monoisotopic (exact) mass is 240 g/mol. The van der Waals surface area contributed by atoms with Crippen molar-refractivity contribution in [3.05, 3.63) is 0 Å². The minimum atomic E-state index is 0.124. The molecule has 0 aromatic carbocycles. The van der Waals surface area contributed by atoms with Crippen molar-refractivity contribution in [1.29, 1.82) is 0 Å². The van der Waals surface area contributed by atoms with Crippen molar-refractivity contribution in [3.63, 3.8) is 0 Å². The first-order valence-electron chi connectivity index (χ1n) is 6.78. The van der Waals surface area contributed by atoms with Gasteiger partial charge in [0, 0.05) is 51.9 Å². The average molecular weight is 240 g/mol. The van der Waals surface area contributed by atoms with E-state index in [1.54, 1.807) is 0 Å². The molecule has 0 aliphatic carbocycles. The normalized spacial score (nSPS) is 26.3. The van der Waals surface area contributed by atoms with Gasteiger partial charge in [0.1, 0.15) is 0 Å². The van der Waals surface area contributed by atoms with Gasteiger partial charge in [0.15, 0.2) is 0 Å². The molecule has 0 radical (unpaired) electrons. The maximum atomic E-state index is 11.7. The molecule has 2 fully saturated rings. The quantitative estimate of drug-likeness (QED) is 0.716. The molecule has 0 aromatic rings. The fourth-order valence-electron chi connectivity index (χ4n) is 2.56. The van der Waals surface area contributed by atoms with Crippen LogP contribution < -0.4 is 10.6 Å². The molecule has 0 saturated carbocycles. The second-order valence-corrected chi connectivity index (χ2v) is 4.97. The molecule has 0 aromatic heterocycles. The zero-order valence-corrected chi connectivity index (χ0v) is 10.7. The Kier molecular flexibility index (Phi) is 4.62. The second kappa shape index (κ2) is 6.21. The van der Waals surface area contributed by atoms with Crippen LogP contribution in [0.1, 0.15) is 19.8 Å². The first-order valence-corrected chi connectivity index (χ1v) is 6.78. The molecule has 2 N–H and O–H groups in total. The fourth-order valence-corrected chi connectivity index (χ4v) is 2.56. The molecule has 1 unspecified atom stereocenters. The lowest BCUT2D eigenvalue weighted by Crippen LogP contribution is -2.46. The van der Waals surface area contributed by atoms with Gasteiger partial charge in [0.2, 0.25) is 0 Å². The molecule has 5 nitrogen and oxygen atoms in total. The first kappa shape index (κ1) is 12.6. The lowest BCUT2D eigenvalue weighted by molar-refractivity contribution is 0.192. The van der Waals surface area contributed by atoms with Gasteiger partial charge in [-0.1, -0.05) is 13.3 Å². The van der Waals surface area contributed by atoms with Crippen LogP contribution in [0.25, 0.3) is 0 Å². The number of urea groups is 1. The van der Waals surface area contributed by atoms with Crippen LogP contribution in [-0.2, 0) is 0 Å². The second-order valence-electron chi connectivity index (χ2n) is 4.97. The predicted octanol–water partition coefficient (Wildman–Crippen LogP) is 0.0855. The summed E-state index contributed by atoms with van der Waals surface area (Å²) in [6, 6.07) is 0.495. The lowest BCUT2D eigenvalue weighted by Gasteiger charge is -2.28. The van der Waals surface area contributed by atoms with Gasteiger partial charge in [-0.2, -0.15) is 0 Å². The molecule has 2 rings (SSSR count). The van der Waals surface area contributed by atoms with Crippen LogP contribution in [0.3, 0.4) is 0 Å². The van der Waals surface area contributed by atoms with Crippen molar-refractivity contribution >= 4 is 6.03 Å². The van der Waals surface area contributed by atoms with Crippen LogP contribution in [-0.4, -0.2) is 67.7 Å². The Morgan fingerprint density at radius 3 is 2.76 bits per heavy atom. The van der Waals surface area contributed by atoms with Crippen molar-refractivity contribution in [1.82, 2.24) is 20.4 Å². The molecule has 2 aliphatic rings. The zero-order valence-electron chi connectivity index (χ0n) is 10.7. The molecule has 2 amide bonds. The Labute approximate surface area is 104 Å². The van der Waals surface area contributed by atoms with Crippen LogP contribution in [0, 0.1) is 0 Å². The maximum absolute atomic E-state index is 11.7. The molecule has 17 heavy (non-hydrogen) atoms. The third-order valence-corrected chi connectivity index (χ3v) is 3.59. The van der Waals surface area contributed by atoms with Crippen LogP contribution in [0.4, 0.5) is 4.79 Å². The number of nitrogens with zero attached hydrogens (tertiary/aromatic N) is 2. The van der Waals surface area contributed by atoms with Crippen LogP contribution in [0.15, 0.2) is 0 Å². The average Bonchev–Trinajstić information content (AvgIpc) is 2.69. The molecule has 2 heterocycles. The van der Waals surface area contributed by atoms with E-state index in [0.29, 0.717) is 6.04 Å². The minimum absolute atomic E-state index is 0.124. The molecule has 2 saturated heterocycles. The highest BCUT2D eigenvalue weighted by molar-refractivity contribution is 5.76. The van der Waals surface area contributed by atoms with Crippen LogP contribution >= 0.6 is 0 Å². The maximum Gasteiger partial charge on any atom is 0.317 e. The van der Waals surface area contributed by atoms with E-state index >= 15 is 0 Å². The summed E-state index contributed by atoms with van der Waals surface area (Å²) in [6.45, 7) is 9.28. The smallest absolute Gasteiger partial charge is 0.317 e. The topological polar surface area (TPSA) is 47.6 Å². The first-order chi connectivity index (χ1) is 8.29. The van der Waals surface area contributed by atoms with Crippen molar-refractivity contribution < 1.29 is 4.79 Å². The fraction of sp³-hybridized carbons (Fsp3) is 0.917.